The molecule has 2 nitrogen and oxygen atoms in total. The largest absolute Gasteiger partial charge is 0.423 e. The van der Waals surface area contributed by atoms with Crippen molar-refractivity contribution in [2.24, 2.45) is 0 Å². The first-order chi connectivity index (χ1) is 10.6. The van der Waals surface area contributed by atoms with Crippen molar-refractivity contribution in [3.63, 3.8) is 0 Å². The summed E-state index contributed by atoms with van der Waals surface area (Å²) < 4.78 is 5.26. The van der Waals surface area contributed by atoms with Gasteiger partial charge in [-0.15, -0.1) is 0 Å². The summed E-state index contributed by atoms with van der Waals surface area (Å²) in [4.78, 5) is 11.5. The smallest absolute Gasteiger partial charge is 0.338 e. The van der Waals surface area contributed by atoms with E-state index in [-0.39, 0.29) is 5.97 Å². The van der Waals surface area contributed by atoms with E-state index in [1.54, 1.807) is 6.92 Å². The van der Waals surface area contributed by atoms with E-state index in [0.29, 0.717) is 11.3 Å². The predicted octanol–water partition coefficient (Wildman–Crippen LogP) is 5.85. The van der Waals surface area contributed by atoms with Gasteiger partial charge >= 0.3 is 5.97 Å². The van der Waals surface area contributed by atoms with Gasteiger partial charge in [-0.3, -0.25) is 0 Å². The number of unbranched alkanes of at least 4 members (excludes halogenated alkanes) is 7. The highest BCUT2D eigenvalue weighted by molar-refractivity contribution is 5.88. The van der Waals surface area contributed by atoms with Crippen molar-refractivity contribution in [1.82, 2.24) is 0 Å². The number of carbonyl (C=O) groups is 1. The summed E-state index contributed by atoms with van der Waals surface area (Å²) in [6, 6.07) is 7.82. The molecule has 0 heterocycles. The summed E-state index contributed by atoms with van der Waals surface area (Å²) in [6.07, 6.45) is 11.7. The van der Waals surface area contributed by atoms with Crippen LogP contribution in [-0.4, -0.2) is 5.97 Å². The van der Waals surface area contributed by atoms with Gasteiger partial charge in [0.25, 0.3) is 0 Å². The first-order valence-electron chi connectivity index (χ1n) is 8.60. The topological polar surface area (TPSA) is 26.3 Å². The van der Waals surface area contributed by atoms with E-state index in [0.717, 1.165) is 6.42 Å². The number of hydrogen-bond donors (Lipinski definition) is 0. The maximum Gasteiger partial charge on any atom is 0.338 e. The molecule has 0 amide bonds. The van der Waals surface area contributed by atoms with Gasteiger partial charge in [0.15, 0.2) is 0 Å². The molecule has 0 N–H and O–H groups in total. The highest BCUT2D eigenvalue weighted by Crippen LogP contribution is 2.17. The van der Waals surface area contributed by atoms with E-state index >= 15 is 0 Å². The van der Waals surface area contributed by atoms with Gasteiger partial charge in [-0.2, -0.15) is 0 Å². The Balaban J connectivity index is 2.23. The van der Waals surface area contributed by atoms with Gasteiger partial charge in [-0.25, -0.2) is 4.79 Å². The lowest BCUT2D eigenvalue weighted by Crippen LogP contribution is -2.08. The van der Waals surface area contributed by atoms with Crippen LogP contribution in [0.3, 0.4) is 0 Å². The fourth-order valence-corrected chi connectivity index (χ4v) is 2.42. The van der Waals surface area contributed by atoms with Gasteiger partial charge in [0.2, 0.25) is 0 Å². The molecule has 0 fully saturated rings. The zero-order chi connectivity index (χ0) is 16.2. The van der Waals surface area contributed by atoms with Gasteiger partial charge in [0.1, 0.15) is 5.75 Å². The van der Waals surface area contributed by atoms with Crippen molar-refractivity contribution in [1.29, 1.82) is 0 Å². The summed E-state index contributed by atoms with van der Waals surface area (Å²) in [5, 5.41) is 0. The van der Waals surface area contributed by atoms with Crippen LogP contribution in [0.1, 0.15) is 70.8 Å². The van der Waals surface area contributed by atoms with Crippen molar-refractivity contribution in [2.45, 2.75) is 71.6 Å². The summed E-state index contributed by atoms with van der Waals surface area (Å²) in [5.41, 5.74) is 1.66. The third kappa shape index (κ3) is 8.02. The number of esters is 1. The highest BCUT2D eigenvalue weighted by Gasteiger charge is 2.05. The minimum absolute atomic E-state index is 0.357. The van der Waals surface area contributed by atoms with Crippen LogP contribution in [0.5, 0.6) is 5.75 Å². The zero-order valence-electron chi connectivity index (χ0n) is 14.2. The van der Waals surface area contributed by atoms with Crippen molar-refractivity contribution < 1.29 is 9.53 Å². The van der Waals surface area contributed by atoms with Crippen LogP contribution in [0.15, 0.2) is 36.4 Å². The lowest BCUT2D eigenvalue weighted by molar-refractivity contribution is -0.130. The monoisotopic (exact) mass is 302 g/mol. The highest BCUT2D eigenvalue weighted by atomic mass is 16.5. The van der Waals surface area contributed by atoms with Crippen molar-refractivity contribution in [3.8, 4) is 5.75 Å². The lowest BCUT2D eigenvalue weighted by Gasteiger charge is -2.06. The van der Waals surface area contributed by atoms with Crippen LogP contribution in [0, 0.1) is 0 Å². The lowest BCUT2D eigenvalue weighted by atomic mass is 10.0. The standard InChI is InChI=1S/C20H30O2/c1-4-5-6-7-8-9-10-11-13-18-14-12-15-19(16-18)22-20(21)17(2)3/h12,14-16H,2,4-11,13H2,1,3H3. The molecule has 0 saturated heterocycles. The molecular weight excluding hydrogens is 272 g/mol. The Morgan fingerprint density at radius 3 is 2.32 bits per heavy atom. The molecule has 0 atom stereocenters. The van der Waals surface area contributed by atoms with Gasteiger partial charge in [0, 0.05) is 5.57 Å². The predicted molar refractivity (Wildman–Crippen MR) is 93.2 cm³/mol. The third-order valence-electron chi connectivity index (χ3n) is 3.78. The van der Waals surface area contributed by atoms with E-state index in [1.165, 1.54) is 56.9 Å². The van der Waals surface area contributed by atoms with E-state index in [4.69, 9.17) is 4.74 Å². The number of aryl methyl sites for hydroxylation is 1. The Labute approximate surface area is 135 Å². The van der Waals surface area contributed by atoms with Gasteiger partial charge in [-0.05, 0) is 37.5 Å². The molecule has 0 aliphatic carbocycles. The average Bonchev–Trinajstić information content (AvgIpc) is 2.50. The first-order valence-corrected chi connectivity index (χ1v) is 8.60. The molecule has 1 rings (SSSR count). The maximum absolute atomic E-state index is 11.5. The van der Waals surface area contributed by atoms with Crippen LogP contribution in [0.2, 0.25) is 0 Å². The van der Waals surface area contributed by atoms with Crippen LogP contribution < -0.4 is 4.74 Å². The Kier molecular flexibility index (Phi) is 9.29. The SMILES string of the molecule is C=C(C)C(=O)Oc1cccc(CCCCCCCCCC)c1. The molecule has 0 spiro atoms. The van der Waals surface area contributed by atoms with E-state index < -0.39 is 0 Å². The number of ether oxygens (including phenoxy) is 1. The second-order valence-electron chi connectivity index (χ2n) is 6.04. The Hall–Kier alpha value is -1.57. The Bertz CT molecular complexity index is 463. The molecule has 0 aliphatic heterocycles. The van der Waals surface area contributed by atoms with Crippen molar-refractivity contribution in [3.05, 3.63) is 42.0 Å². The fraction of sp³-hybridized carbons (Fsp3) is 0.550. The fourth-order valence-electron chi connectivity index (χ4n) is 2.42. The third-order valence-corrected chi connectivity index (χ3v) is 3.78. The molecule has 0 aliphatic rings. The summed E-state index contributed by atoms with van der Waals surface area (Å²) >= 11 is 0. The quantitative estimate of drug-likeness (QED) is 0.222. The zero-order valence-corrected chi connectivity index (χ0v) is 14.2. The molecule has 0 saturated carbocycles. The van der Waals surface area contributed by atoms with Crippen LogP contribution in [-0.2, 0) is 11.2 Å². The summed E-state index contributed by atoms with van der Waals surface area (Å²) in [6.45, 7) is 7.51. The normalized spacial score (nSPS) is 10.5. The molecule has 2 heteroatoms. The van der Waals surface area contributed by atoms with E-state index in [1.807, 2.05) is 18.2 Å². The molecule has 0 bridgehead atoms. The van der Waals surface area contributed by atoms with Crippen molar-refractivity contribution >= 4 is 5.97 Å². The van der Waals surface area contributed by atoms with Gasteiger partial charge in [-0.1, -0.05) is 70.6 Å². The molecule has 0 radical (unpaired) electrons. The molecule has 122 valence electrons. The molecule has 0 aromatic heterocycles. The van der Waals surface area contributed by atoms with Crippen molar-refractivity contribution in [2.75, 3.05) is 0 Å². The molecular formula is C20H30O2. The molecule has 0 unspecified atom stereocenters. The number of benzene rings is 1. The summed E-state index contributed by atoms with van der Waals surface area (Å²) in [5.74, 6) is 0.259. The Morgan fingerprint density at radius 2 is 1.68 bits per heavy atom. The molecule has 1 aromatic carbocycles. The molecule has 1 aromatic rings. The van der Waals surface area contributed by atoms with Gasteiger partial charge in [0.05, 0.1) is 0 Å². The minimum Gasteiger partial charge on any atom is -0.423 e. The van der Waals surface area contributed by atoms with E-state index in [2.05, 4.69) is 19.6 Å². The molecule has 22 heavy (non-hydrogen) atoms. The first kappa shape index (κ1) is 18.5. The number of carbonyl (C=O) groups excluding carboxylic acids is 1. The van der Waals surface area contributed by atoms with E-state index in [9.17, 15) is 4.79 Å². The van der Waals surface area contributed by atoms with Gasteiger partial charge < -0.3 is 4.74 Å². The maximum atomic E-state index is 11.5. The minimum atomic E-state index is -0.357. The van der Waals surface area contributed by atoms with Crippen LogP contribution in [0.4, 0.5) is 0 Å². The van der Waals surface area contributed by atoms with Crippen LogP contribution >= 0.6 is 0 Å². The Morgan fingerprint density at radius 1 is 1.05 bits per heavy atom. The number of rotatable bonds is 11. The number of hydrogen-bond acceptors (Lipinski definition) is 2. The average molecular weight is 302 g/mol. The van der Waals surface area contributed by atoms with Crippen LogP contribution in [0.25, 0.3) is 0 Å². The second-order valence-corrected chi connectivity index (χ2v) is 6.04. The summed E-state index contributed by atoms with van der Waals surface area (Å²) in [7, 11) is 0. The second kappa shape index (κ2) is 11.1.